The molecule has 0 aliphatic carbocycles. The fourth-order valence-corrected chi connectivity index (χ4v) is 2.05. The molecule has 2 heterocycles. The summed E-state index contributed by atoms with van der Waals surface area (Å²) < 4.78 is 9.98. The minimum atomic E-state index is -0.623. The molecule has 1 atom stereocenters. The number of hydrogen-bond acceptors (Lipinski definition) is 7. The molecule has 20 heavy (non-hydrogen) atoms. The van der Waals surface area contributed by atoms with E-state index in [4.69, 9.17) is 4.74 Å². The van der Waals surface area contributed by atoms with Crippen molar-refractivity contribution < 1.29 is 19.2 Å². The molecule has 0 N–H and O–H groups in total. The molecule has 1 aliphatic heterocycles. The van der Waals surface area contributed by atoms with E-state index < -0.39 is 10.9 Å². The van der Waals surface area contributed by atoms with Crippen molar-refractivity contribution in [3.05, 3.63) is 27.9 Å². The summed E-state index contributed by atoms with van der Waals surface area (Å²) in [5, 5.41) is 11.1. The summed E-state index contributed by atoms with van der Waals surface area (Å²) in [5.74, 6) is -0.449. The van der Waals surface area contributed by atoms with Gasteiger partial charge in [0, 0.05) is 19.2 Å². The molecule has 1 saturated heterocycles. The zero-order chi connectivity index (χ0) is 14.7. The van der Waals surface area contributed by atoms with Crippen LogP contribution in [0.5, 0.6) is 0 Å². The summed E-state index contributed by atoms with van der Waals surface area (Å²) in [6.07, 6.45) is -0.0491. The molecule has 8 nitrogen and oxygen atoms in total. The van der Waals surface area contributed by atoms with Crippen LogP contribution in [0.2, 0.25) is 0 Å². The molecule has 8 heteroatoms. The largest absolute Gasteiger partial charge is 0.464 e. The number of rotatable bonds is 3. The van der Waals surface area contributed by atoms with Gasteiger partial charge in [-0.2, -0.15) is 0 Å². The van der Waals surface area contributed by atoms with Gasteiger partial charge in [-0.05, 0) is 13.0 Å². The average molecular weight is 281 g/mol. The van der Waals surface area contributed by atoms with Gasteiger partial charge in [-0.25, -0.2) is 9.78 Å². The third-order valence-corrected chi connectivity index (χ3v) is 2.99. The molecule has 1 aliphatic rings. The van der Waals surface area contributed by atoms with Crippen molar-refractivity contribution in [3.63, 3.8) is 0 Å². The van der Waals surface area contributed by atoms with Gasteiger partial charge < -0.3 is 14.4 Å². The van der Waals surface area contributed by atoms with E-state index >= 15 is 0 Å². The lowest BCUT2D eigenvalue weighted by Crippen LogP contribution is -2.42. The molecule has 0 radical (unpaired) electrons. The Morgan fingerprint density at radius 3 is 2.95 bits per heavy atom. The van der Waals surface area contributed by atoms with Gasteiger partial charge in [0.25, 0.3) is 0 Å². The number of carbonyl (C=O) groups is 1. The number of hydrogen-bond donors (Lipinski definition) is 0. The second-order valence-electron chi connectivity index (χ2n) is 4.42. The van der Waals surface area contributed by atoms with Crippen LogP contribution in [-0.4, -0.2) is 48.8 Å². The number of morpholine rings is 1. The highest BCUT2D eigenvalue weighted by Gasteiger charge is 2.27. The molecule has 2 rings (SSSR count). The Balaban J connectivity index is 2.41. The van der Waals surface area contributed by atoms with Crippen LogP contribution >= 0.6 is 0 Å². The summed E-state index contributed by atoms with van der Waals surface area (Å²) in [7, 11) is 1.24. The van der Waals surface area contributed by atoms with Crippen LogP contribution in [-0.2, 0) is 9.47 Å². The predicted octanol–water partition coefficient (Wildman–Crippen LogP) is 1.00. The molecule has 1 fully saturated rings. The Kier molecular flexibility index (Phi) is 4.14. The number of aromatic nitrogens is 1. The highest BCUT2D eigenvalue weighted by molar-refractivity contribution is 5.88. The van der Waals surface area contributed by atoms with E-state index in [9.17, 15) is 14.9 Å². The fraction of sp³-hybridized carbons (Fsp3) is 0.500. The zero-order valence-corrected chi connectivity index (χ0v) is 11.2. The van der Waals surface area contributed by atoms with E-state index in [2.05, 4.69) is 9.72 Å². The maximum absolute atomic E-state index is 11.5. The summed E-state index contributed by atoms with van der Waals surface area (Å²) in [4.78, 5) is 27.9. The molecule has 0 bridgehead atoms. The summed E-state index contributed by atoms with van der Waals surface area (Å²) in [6, 6.07) is 2.56. The van der Waals surface area contributed by atoms with Crippen molar-refractivity contribution in [2.24, 2.45) is 0 Å². The molecular weight excluding hydrogens is 266 g/mol. The van der Waals surface area contributed by atoms with Gasteiger partial charge in [-0.1, -0.05) is 0 Å². The van der Waals surface area contributed by atoms with E-state index in [1.165, 1.54) is 19.2 Å². The maximum atomic E-state index is 11.5. The molecule has 1 aromatic rings. The molecule has 0 spiro atoms. The monoisotopic (exact) mass is 281 g/mol. The molecule has 0 amide bonds. The van der Waals surface area contributed by atoms with E-state index in [0.29, 0.717) is 19.7 Å². The maximum Gasteiger partial charge on any atom is 0.356 e. The normalized spacial score (nSPS) is 18.7. The third-order valence-electron chi connectivity index (χ3n) is 2.99. The SMILES string of the molecule is COC(=O)c1ccc([N+](=O)[O-])c(N2CCOC(C)C2)n1. The molecule has 1 unspecified atom stereocenters. The second kappa shape index (κ2) is 5.83. The van der Waals surface area contributed by atoms with E-state index in [0.717, 1.165) is 0 Å². The predicted molar refractivity (Wildman–Crippen MR) is 69.9 cm³/mol. The Morgan fingerprint density at radius 2 is 2.35 bits per heavy atom. The number of methoxy groups -OCH3 is 1. The Bertz CT molecular complexity index is 534. The summed E-state index contributed by atoms with van der Waals surface area (Å²) in [6.45, 7) is 3.31. The Morgan fingerprint density at radius 1 is 1.60 bits per heavy atom. The quantitative estimate of drug-likeness (QED) is 0.463. The Labute approximate surface area is 115 Å². The first-order chi connectivity index (χ1) is 9.52. The van der Waals surface area contributed by atoms with Gasteiger partial charge in [0.2, 0.25) is 5.82 Å². The smallest absolute Gasteiger partial charge is 0.356 e. The third kappa shape index (κ3) is 2.85. The first kappa shape index (κ1) is 14.2. The number of nitrogens with zero attached hydrogens (tertiary/aromatic N) is 3. The van der Waals surface area contributed by atoms with Crippen molar-refractivity contribution in [1.29, 1.82) is 0 Å². The van der Waals surface area contributed by atoms with Crippen LogP contribution in [0, 0.1) is 10.1 Å². The van der Waals surface area contributed by atoms with Gasteiger partial charge in [0.1, 0.15) is 0 Å². The molecule has 108 valence electrons. The van der Waals surface area contributed by atoms with E-state index in [1.807, 2.05) is 6.92 Å². The van der Waals surface area contributed by atoms with Crippen LogP contribution in [0.1, 0.15) is 17.4 Å². The van der Waals surface area contributed by atoms with Crippen LogP contribution < -0.4 is 4.90 Å². The standard InChI is InChI=1S/C12H15N3O5/c1-8-7-14(5-6-20-8)11-10(15(17)18)4-3-9(13-11)12(16)19-2/h3-4,8H,5-7H2,1-2H3. The second-order valence-corrected chi connectivity index (χ2v) is 4.42. The van der Waals surface area contributed by atoms with Crippen LogP contribution in [0.15, 0.2) is 12.1 Å². The number of ether oxygens (including phenoxy) is 2. The Hall–Kier alpha value is -2.22. The first-order valence-electron chi connectivity index (χ1n) is 6.13. The molecule has 1 aromatic heterocycles. The van der Waals surface area contributed by atoms with Gasteiger partial charge in [-0.3, -0.25) is 10.1 Å². The van der Waals surface area contributed by atoms with Crippen molar-refractivity contribution in [2.45, 2.75) is 13.0 Å². The van der Waals surface area contributed by atoms with Gasteiger partial charge in [0.15, 0.2) is 5.69 Å². The van der Waals surface area contributed by atoms with Crippen molar-refractivity contribution in [3.8, 4) is 0 Å². The topological polar surface area (TPSA) is 94.8 Å². The highest BCUT2D eigenvalue weighted by Crippen LogP contribution is 2.27. The van der Waals surface area contributed by atoms with E-state index in [-0.39, 0.29) is 23.3 Å². The number of pyridine rings is 1. The van der Waals surface area contributed by atoms with Gasteiger partial charge >= 0.3 is 11.7 Å². The minimum Gasteiger partial charge on any atom is -0.464 e. The number of esters is 1. The van der Waals surface area contributed by atoms with Crippen molar-refractivity contribution in [1.82, 2.24) is 4.98 Å². The molecular formula is C12H15N3O5. The highest BCUT2D eigenvalue weighted by atomic mass is 16.6. The lowest BCUT2D eigenvalue weighted by atomic mass is 10.2. The number of nitro groups is 1. The van der Waals surface area contributed by atoms with Crippen LogP contribution in [0.3, 0.4) is 0 Å². The number of anilines is 1. The minimum absolute atomic E-state index is 0.0484. The van der Waals surface area contributed by atoms with Crippen molar-refractivity contribution in [2.75, 3.05) is 31.7 Å². The average Bonchev–Trinajstić information content (AvgIpc) is 2.45. The lowest BCUT2D eigenvalue weighted by Gasteiger charge is -2.31. The summed E-state index contributed by atoms with van der Waals surface area (Å²) >= 11 is 0. The first-order valence-corrected chi connectivity index (χ1v) is 6.13. The fourth-order valence-electron chi connectivity index (χ4n) is 2.05. The molecule has 0 aromatic carbocycles. The zero-order valence-electron chi connectivity index (χ0n) is 11.2. The van der Waals surface area contributed by atoms with Crippen LogP contribution in [0.25, 0.3) is 0 Å². The van der Waals surface area contributed by atoms with Crippen molar-refractivity contribution >= 4 is 17.5 Å². The molecule has 0 saturated carbocycles. The van der Waals surface area contributed by atoms with Gasteiger partial charge in [-0.15, -0.1) is 0 Å². The lowest BCUT2D eigenvalue weighted by molar-refractivity contribution is -0.384. The van der Waals surface area contributed by atoms with Crippen LogP contribution in [0.4, 0.5) is 11.5 Å². The van der Waals surface area contributed by atoms with Gasteiger partial charge in [0.05, 0.1) is 24.7 Å². The number of carbonyl (C=O) groups excluding carboxylic acids is 1. The summed E-state index contributed by atoms with van der Waals surface area (Å²) in [5.41, 5.74) is -0.0843. The van der Waals surface area contributed by atoms with E-state index in [1.54, 1.807) is 4.90 Å².